The van der Waals surface area contributed by atoms with Gasteiger partial charge in [0, 0.05) is 6.42 Å². The third-order valence-electron chi connectivity index (χ3n) is 9.35. The first kappa shape index (κ1) is 19.1. The molecule has 3 fully saturated rings. The van der Waals surface area contributed by atoms with E-state index >= 15 is 0 Å². The van der Waals surface area contributed by atoms with Crippen molar-refractivity contribution >= 4 is 11.8 Å². The van der Waals surface area contributed by atoms with Gasteiger partial charge in [0.05, 0.1) is 5.92 Å². The number of rotatable bonds is 3. The molecule has 0 spiro atoms. The summed E-state index contributed by atoms with van der Waals surface area (Å²) in [7, 11) is 0. The van der Waals surface area contributed by atoms with E-state index in [4.69, 9.17) is 0 Å². The van der Waals surface area contributed by atoms with Gasteiger partial charge in [-0.25, -0.2) is 0 Å². The zero-order valence-electron chi connectivity index (χ0n) is 17.4. The van der Waals surface area contributed by atoms with Crippen molar-refractivity contribution in [3.05, 3.63) is 47.5 Å². The van der Waals surface area contributed by atoms with Gasteiger partial charge >= 0.3 is 5.97 Å². The zero-order chi connectivity index (χ0) is 20.2. The minimum absolute atomic E-state index is 0.101. The molecule has 0 amide bonds. The summed E-state index contributed by atoms with van der Waals surface area (Å²) in [6.07, 6.45) is 10.7. The van der Waals surface area contributed by atoms with Crippen LogP contribution in [0.1, 0.15) is 63.9 Å². The predicted octanol–water partition coefficient (Wildman–Crippen LogP) is 5.44. The second kappa shape index (κ2) is 6.82. The van der Waals surface area contributed by atoms with Crippen molar-refractivity contribution in [3.8, 4) is 0 Å². The first-order valence-corrected chi connectivity index (χ1v) is 11.4. The number of ketones is 1. The Kier molecular flexibility index (Phi) is 4.49. The molecule has 0 bridgehead atoms. The van der Waals surface area contributed by atoms with Gasteiger partial charge in [0.15, 0.2) is 5.78 Å². The highest BCUT2D eigenvalue weighted by atomic mass is 16.4. The molecule has 5 rings (SSSR count). The number of benzene rings is 1. The van der Waals surface area contributed by atoms with Crippen LogP contribution in [0.2, 0.25) is 0 Å². The monoisotopic (exact) mass is 392 g/mol. The average molecular weight is 393 g/mol. The van der Waals surface area contributed by atoms with Crippen LogP contribution in [-0.4, -0.2) is 16.9 Å². The lowest BCUT2D eigenvalue weighted by molar-refractivity contribution is -0.150. The summed E-state index contributed by atoms with van der Waals surface area (Å²) in [4.78, 5) is 24.3. The Morgan fingerprint density at radius 2 is 1.83 bits per heavy atom. The maximum Gasteiger partial charge on any atom is 0.307 e. The molecule has 0 aromatic heterocycles. The van der Waals surface area contributed by atoms with Crippen molar-refractivity contribution in [1.29, 1.82) is 0 Å². The fraction of sp³-hybridized carbons (Fsp3) is 0.615. The SMILES string of the molecule is C[C@]12CCC(=O)C=C1CC[C@H]1[C@@H]3CC[C@H](C(=O)O)[C@@]3(Cc3ccccc3)CC[C@@H]12. The molecule has 0 unspecified atom stereocenters. The zero-order valence-corrected chi connectivity index (χ0v) is 17.4. The van der Waals surface area contributed by atoms with Crippen LogP contribution >= 0.6 is 0 Å². The maximum atomic E-state index is 12.3. The summed E-state index contributed by atoms with van der Waals surface area (Å²) in [5.74, 6) is 1.21. The van der Waals surface area contributed by atoms with Gasteiger partial charge in [0.1, 0.15) is 0 Å². The third kappa shape index (κ3) is 2.84. The average Bonchev–Trinajstić information content (AvgIpc) is 3.08. The number of aliphatic carboxylic acids is 1. The molecule has 3 saturated carbocycles. The van der Waals surface area contributed by atoms with Crippen LogP contribution in [0.15, 0.2) is 42.0 Å². The standard InChI is InChI=1S/C26H32O3/c1-25-13-11-19(27)15-18(25)7-8-20-21(25)12-14-26(16-17-5-3-2-4-6-17)22(20)9-10-23(26)24(28)29/h2-6,15,20-23H,7-14,16H2,1H3,(H,28,29)/t20-,21+,22+,23-,25+,26-/m1/s1. The Morgan fingerprint density at radius 1 is 1.03 bits per heavy atom. The normalized spacial score (nSPS) is 41.1. The van der Waals surface area contributed by atoms with Crippen molar-refractivity contribution in [1.82, 2.24) is 0 Å². The summed E-state index contributed by atoms with van der Waals surface area (Å²) < 4.78 is 0. The van der Waals surface area contributed by atoms with Gasteiger partial charge in [0.25, 0.3) is 0 Å². The van der Waals surface area contributed by atoms with Crippen LogP contribution in [0.3, 0.4) is 0 Å². The number of allylic oxidation sites excluding steroid dienone is 1. The molecule has 0 heterocycles. The molecule has 6 atom stereocenters. The molecule has 3 heteroatoms. The molecule has 154 valence electrons. The second-order valence-electron chi connectivity index (χ2n) is 10.4. The fourth-order valence-electron chi connectivity index (χ4n) is 8.06. The summed E-state index contributed by atoms with van der Waals surface area (Å²) in [6.45, 7) is 2.40. The Balaban J connectivity index is 1.51. The van der Waals surface area contributed by atoms with Crippen LogP contribution < -0.4 is 0 Å². The lowest BCUT2D eigenvalue weighted by atomic mass is 9.46. The maximum absolute atomic E-state index is 12.3. The quantitative estimate of drug-likeness (QED) is 0.745. The number of fused-ring (bicyclic) bond motifs is 5. The van der Waals surface area contributed by atoms with Gasteiger partial charge in [0.2, 0.25) is 0 Å². The molecular formula is C26H32O3. The molecule has 0 aliphatic heterocycles. The summed E-state index contributed by atoms with van der Waals surface area (Å²) in [5, 5.41) is 10.1. The van der Waals surface area contributed by atoms with Crippen LogP contribution in [0, 0.1) is 34.5 Å². The number of carbonyl (C=O) groups excluding carboxylic acids is 1. The van der Waals surface area contributed by atoms with E-state index in [1.165, 1.54) is 11.1 Å². The fourth-order valence-corrected chi connectivity index (χ4v) is 8.06. The molecule has 1 aromatic rings. The predicted molar refractivity (Wildman–Crippen MR) is 112 cm³/mol. The van der Waals surface area contributed by atoms with E-state index in [0.717, 1.165) is 51.4 Å². The summed E-state index contributed by atoms with van der Waals surface area (Å²) in [5.41, 5.74) is 2.72. The van der Waals surface area contributed by atoms with Gasteiger partial charge < -0.3 is 5.11 Å². The van der Waals surface area contributed by atoms with Crippen molar-refractivity contribution in [2.75, 3.05) is 0 Å². The third-order valence-corrected chi connectivity index (χ3v) is 9.35. The van der Waals surface area contributed by atoms with Gasteiger partial charge in [-0.15, -0.1) is 0 Å². The first-order valence-electron chi connectivity index (χ1n) is 11.4. The Morgan fingerprint density at radius 3 is 2.59 bits per heavy atom. The lowest BCUT2D eigenvalue weighted by Crippen LogP contribution is -2.52. The molecule has 4 aliphatic carbocycles. The number of hydrogen-bond acceptors (Lipinski definition) is 2. The van der Waals surface area contributed by atoms with E-state index in [1.54, 1.807) is 0 Å². The van der Waals surface area contributed by atoms with E-state index in [9.17, 15) is 14.7 Å². The van der Waals surface area contributed by atoms with E-state index in [2.05, 4.69) is 31.2 Å². The summed E-state index contributed by atoms with van der Waals surface area (Å²) >= 11 is 0. The number of carboxylic acid groups (broad SMARTS) is 1. The number of carboxylic acids is 1. The van der Waals surface area contributed by atoms with E-state index < -0.39 is 5.97 Å². The van der Waals surface area contributed by atoms with Crippen LogP contribution in [0.5, 0.6) is 0 Å². The molecule has 0 saturated heterocycles. The Bertz CT molecular complexity index is 856. The minimum Gasteiger partial charge on any atom is -0.481 e. The van der Waals surface area contributed by atoms with E-state index in [1.807, 2.05) is 12.1 Å². The number of hydrogen-bond donors (Lipinski definition) is 1. The molecular weight excluding hydrogens is 360 g/mol. The van der Waals surface area contributed by atoms with Gasteiger partial charge in [-0.05, 0) is 91.6 Å². The van der Waals surface area contributed by atoms with Crippen LogP contribution in [0.4, 0.5) is 0 Å². The molecule has 1 aromatic carbocycles. The van der Waals surface area contributed by atoms with E-state index in [-0.39, 0.29) is 16.7 Å². The molecule has 4 aliphatic rings. The highest BCUT2D eigenvalue weighted by Gasteiger charge is 2.62. The summed E-state index contributed by atoms with van der Waals surface area (Å²) in [6, 6.07) is 10.5. The van der Waals surface area contributed by atoms with Crippen molar-refractivity contribution in [2.24, 2.45) is 34.5 Å². The largest absolute Gasteiger partial charge is 0.481 e. The van der Waals surface area contributed by atoms with E-state index in [0.29, 0.717) is 30.0 Å². The van der Waals surface area contributed by atoms with Gasteiger partial charge in [-0.1, -0.05) is 42.8 Å². The highest BCUT2D eigenvalue weighted by molar-refractivity contribution is 5.91. The van der Waals surface area contributed by atoms with Crippen LogP contribution in [0.25, 0.3) is 0 Å². The second-order valence-corrected chi connectivity index (χ2v) is 10.4. The van der Waals surface area contributed by atoms with Crippen molar-refractivity contribution in [2.45, 2.75) is 64.7 Å². The van der Waals surface area contributed by atoms with Gasteiger partial charge in [-0.3, -0.25) is 9.59 Å². The lowest BCUT2D eigenvalue weighted by Gasteiger charge is -2.58. The van der Waals surface area contributed by atoms with Crippen LogP contribution in [-0.2, 0) is 16.0 Å². The highest BCUT2D eigenvalue weighted by Crippen LogP contribution is 2.67. The molecule has 1 N–H and O–H groups in total. The molecule has 0 radical (unpaired) electrons. The molecule has 29 heavy (non-hydrogen) atoms. The Labute approximate surface area is 173 Å². The topological polar surface area (TPSA) is 54.4 Å². The smallest absolute Gasteiger partial charge is 0.307 e. The number of carbonyl (C=O) groups is 2. The van der Waals surface area contributed by atoms with Crippen molar-refractivity contribution < 1.29 is 14.7 Å². The Hall–Kier alpha value is -1.90. The van der Waals surface area contributed by atoms with Gasteiger partial charge in [-0.2, -0.15) is 0 Å². The first-order chi connectivity index (χ1) is 13.9. The van der Waals surface area contributed by atoms with Crippen molar-refractivity contribution in [3.63, 3.8) is 0 Å². The molecule has 3 nitrogen and oxygen atoms in total. The minimum atomic E-state index is -0.590.